The van der Waals surface area contributed by atoms with Gasteiger partial charge in [-0.2, -0.15) is 11.8 Å². The van der Waals surface area contributed by atoms with Gasteiger partial charge in [0.15, 0.2) is 9.84 Å². The first-order valence-electron chi connectivity index (χ1n) is 6.29. The normalized spacial score (nSPS) is 20.5. The lowest BCUT2D eigenvalue weighted by molar-refractivity contribution is 0.579. The molecule has 0 N–H and O–H groups in total. The van der Waals surface area contributed by atoms with Crippen molar-refractivity contribution in [1.29, 1.82) is 0 Å². The zero-order valence-corrected chi connectivity index (χ0v) is 14.1. The highest BCUT2D eigenvalue weighted by atomic mass is 79.9. The summed E-state index contributed by atoms with van der Waals surface area (Å²) in [5.41, 5.74) is 2.21. The molecule has 0 spiro atoms. The summed E-state index contributed by atoms with van der Waals surface area (Å²) in [4.78, 5) is 2.04. The summed E-state index contributed by atoms with van der Waals surface area (Å²) in [5, 5.41) is 0.436. The quantitative estimate of drug-likeness (QED) is 0.770. The second-order valence-corrected chi connectivity index (χ2v) is 8.63. The number of alkyl halides is 1. The van der Waals surface area contributed by atoms with E-state index in [-0.39, 0.29) is 11.1 Å². The minimum Gasteiger partial charge on any atom is -0.353 e. The number of nitrogens with zero attached hydrogens (tertiary/aromatic N) is 1. The average molecular weight is 364 g/mol. The van der Waals surface area contributed by atoms with Crippen LogP contribution in [-0.4, -0.2) is 37.6 Å². The molecular weight excluding hydrogens is 346 g/mol. The van der Waals surface area contributed by atoms with E-state index in [1.807, 2.05) is 29.2 Å². The molecule has 1 unspecified atom stereocenters. The molecule has 1 aromatic rings. The largest absolute Gasteiger partial charge is 0.353 e. The predicted molar refractivity (Wildman–Crippen MR) is 87.0 cm³/mol. The van der Waals surface area contributed by atoms with Crippen LogP contribution in [0.3, 0.4) is 0 Å². The summed E-state index contributed by atoms with van der Waals surface area (Å²) in [7, 11) is -3.04. The van der Waals surface area contributed by atoms with Gasteiger partial charge < -0.3 is 4.90 Å². The summed E-state index contributed by atoms with van der Waals surface area (Å²) in [6.45, 7) is 2.52. The SMILES string of the molecule is CCS(=O)(=O)C1CSCCN1c1ccc(CBr)cc1. The van der Waals surface area contributed by atoms with E-state index in [0.717, 1.165) is 23.3 Å². The molecule has 1 fully saturated rings. The molecule has 1 aliphatic rings. The van der Waals surface area contributed by atoms with E-state index in [2.05, 4.69) is 15.9 Å². The zero-order chi connectivity index (χ0) is 13.9. The Hall–Kier alpha value is -0.200. The van der Waals surface area contributed by atoms with Crippen LogP contribution in [0.25, 0.3) is 0 Å². The Labute approximate surface area is 127 Å². The Balaban J connectivity index is 2.28. The van der Waals surface area contributed by atoms with E-state index >= 15 is 0 Å². The molecule has 3 nitrogen and oxygen atoms in total. The van der Waals surface area contributed by atoms with E-state index in [0.29, 0.717) is 5.75 Å². The van der Waals surface area contributed by atoms with Crippen LogP contribution < -0.4 is 4.90 Å². The van der Waals surface area contributed by atoms with E-state index in [1.54, 1.807) is 18.7 Å². The molecule has 0 radical (unpaired) electrons. The summed E-state index contributed by atoms with van der Waals surface area (Å²) < 4.78 is 24.4. The second kappa shape index (κ2) is 6.50. The van der Waals surface area contributed by atoms with Crippen molar-refractivity contribution in [3.05, 3.63) is 29.8 Å². The molecular formula is C13H18BrNO2S2. The molecule has 0 aromatic heterocycles. The van der Waals surface area contributed by atoms with Crippen molar-refractivity contribution in [2.75, 3.05) is 28.7 Å². The maximum absolute atomic E-state index is 12.2. The summed E-state index contributed by atoms with van der Waals surface area (Å²) in [5.74, 6) is 1.85. The van der Waals surface area contributed by atoms with Crippen molar-refractivity contribution in [2.45, 2.75) is 17.6 Å². The van der Waals surface area contributed by atoms with Crippen LogP contribution in [0.4, 0.5) is 5.69 Å². The van der Waals surface area contributed by atoms with Gasteiger partial charge in [-0.15, -0.1) is 0 Å². The average Bonchev–Trinajstić information content (AvgIpc) is 2.47. The fourth-order valence-electron chi connectivity index (χ4n) is 2.14. The number of hydrogen-bond donors (Lipinski definition) is 0. The number of benzene rings is 1. The maximum Gasteiger partial charge on any atom is 0.171 e. The molecule has 0 bridgehead atoms. The zero-order valence-electron chi connectivity index (χ0n) is 10.9. The molecule has 106 valence electrons. The van der Waals surface area contributed by atoms with Crippen LogP contribution in [-0.2, 0) is 15.2 Å². The number of thioether (sulfide) groups is 1. The standard InChI is InChI=1S/C13H18BrNO2S2/c1-2-19(16,17)13-10-18-8-7-15(13)12-5-3-11(9-14)4-6-12/h3-6,13H,2,7-10H2,1H3. The third-order valence-electron chi connectivity index (χ3n) is 3.32. The summed E-state index contributed by atoms with van der Waals surface area (Å²) in [6.07, 6.45) is 0. The van der Waals surface area contributed by atoms with Crippen molar-refractivity contribution in [3.8, 4) is 0 Å². The lowest BCUT2D eigenvalue weighted by atomic mass is 10.2. The van der Waals surface area contributed by atoms with Gasteiger partial charge in [-0.05, 0) is 17.7 Å². The Kier molecular flexibility index (Phi) is 5.20. The fraction of sp³-hybridized carbons (Fsp3) is 0.538. The van der Waals surface area contributed by atoms with Gasteiger partial charge in [0.2, 0.25) is 0 Å². The number of anilines is 1. The van der Waals surface area contributed by atoms with Crippen molar-refractivity contribution >= 4 is 43.2 Å². The van der Waals surface area contributed by atoms with Gasteiger partial charge in [0, 0.05) is 34.8 Å². The number of sulfone groups is 1. The van der Waals surface area contributed by atoms with Gasteiger partial charge in [0.05, 0.1) is 0 Å². The number of halogens is 1. The topological polar surface area (TPSA) is 37.4 Å². The van der Waals surface area contributed by atoms with Gasteiger partial charge in [0.25, 0.3) is 0 Å². The Morgan fingerprint density at radius 2 is 2.05 bits per heavy atom. The highest BCUT2D eigenvalue weighted by Gasteiger charge is 2.32. The molecule has 0 amide bonds. The first-order valence-corrected chi connectivity index (χ1v) is 10.3. The molecule has 0 aliphatic carbocycles. The first kappa shape index (κ1) is 15.2. The molecule has 1 heterocycles. The van der Waals surface area contributed by atoms with E-state index in [1.165, 1.54) is 5.56 Å². The highest BCUT2D eigenvalue weighted by molar-refractivity contribution is 9.08. The fourth-order valence-corrected chi connectivity index (χ4v) is 5.51. The Morgan fingerprint density at radius 3 is 2.63 bits per heavy atom. The molecule has 1 saturated heterocycles. The summed E-state index contributed by atoms with van der Waals surface area (Å²) >= 11 is 5.14. The van der Waals surface area contributed by atoms with Gasteiger partial charge in [-0.1, -0.05) is 35.0 Å². The molecule has 2 rings (SSSR count). The van der Waals surface area contributed by atoms with Crippen LogP contribution in [0.1, 0.15) is 12.5 Å². The van der Waals surface area contributed by atoms with Gasteiger partial charge in [-0.3, -0.25) is 0 Å². The minimum atomic E-state index is -3.04. The molecule has 19 heavy (non-hydrogen) atoms. The lowest BCUT2D eigenvalue weighted by Crippen LogP contribution is -2.48. The van der Waals surface area contributed by atoms with Crippen LogP contribution in [0.15, 0.2) is 24.3 Å². The Bertz CT molecular complexity index is 516. The van der Waals surface area contributed by atoms with E-state index < -0.39 is 9.84 Å². The predicted octanol–water partition coefficient (Wildman–Crippen LogP) is 2.90. The van der Waals surface area contributed by atoms with Gasteiger partial charge in [0.1, 0.15) is 5.37 Å². The van der Waals surface area contributed by atoms with E-state index in [4.69, 9.17) is 0 Å². The minimum absolute atomic E-state index is 0.203. The van der Waals surface area contributed by atoms with Gasteiger partial charge in [-0.25, -0.2) is 8.42 Å². The lowest BCUT2D eigenvalue weighted by Gasteiger charge is -2.36. The first-order chi connectivity index (χ1) is 9.08. The van der Waals surface area contributed by atoms with Crippen LogP contribution >= 0.6 is 27.7 Å². The molecule has 1 aliphatic heterocycles. The molecule has 0 saturated carbocycles. The molecule has 1 atom stereocenters. The smallest absolute Gasteiger partial charge is 0.171 e. The monoisotopic (exact) mass is 363 g/mol. The summed E-state index contributed by atoms with van der Waals surface area (Å²) in [6, 6.07) is 8.12. The van der Waals surface area contributed by atoms with Crippen molar-refractivity contribution in [3.63, 3.8) is 0 Å². The van der Waals surface area contributed by atoms with Crippen LogP contribution in [0.2, 0.25) is 0 Å². The van der Waals surface area contributed by atoms with E-state index in [9.17, 15) is 8.42 Å². The van der Waals surface area contributed by atoms with Crippen LogP contribution in [0, 0.1) is 0 Å². The van der Waals surface area contributed by atoms with Crippen molar-refractivity contribution < 1.29 is 8.42 Å². The number of rotatable bonds is 4. The second-order valence-electron chi connectivity index (χ2n) is 4.47. The molecule has 1 aromatic carbocycles. The third-order valence-corrected chi connectivity index (χ3v) is 7.26. The van der Waals surface area contributed by atoms with Gasteiger partial charge >= 0.3 is 0 Å². The third kappa shape index (κ3) is 3.47. The van der Waals surface area contributed by atoms with Crippen LogP contribution in [0.5, 0.6) is 0 Å². The molecule has 6 heteroatoms. The van der Waals surface area contributed by atoms with Crippen molar-refractivity contribution in [2.24, 2.45) is 0 Å². The number of hydrogen-bond acceptors (Lipinski definition) is 4. The highest BCUT2D eigenvalue weighted by Crippen LogP contribution is 2.27. The Morgan fingerprint density at radius 1 is 1.37 bits per heavy atom. The van der Waals surface area contributed by atoms with Crippen molar-refractivity contribution in [1.82, 2.24) is 0 Å². The maximum atomic E-state index is 12.2.